The molecule has 3 N–H and O–H groups in total. The molecule has 8 nitrogen and oxygen atoms in total. The zero-order valence-corrected chi connectivity index (χ0v) is 21.9. The number of aryl methyl sites for hydroxylation is 1. The van der Waals surface area contributed by atoms with E-state index in [9.17, 15) is 18.0 Å². The van der Waals surface area contributed by atoms with Crippen LogP contribution in [-0.2, 0) is 26.1 Å². The Morgan fingerprint density at radius 1 is 1.07 bits per heavy atom. The van der Waals surface area contributed by atoms with Crippen molar-refractivity contribution in [3.63, 3.8) is 0 Å². The summed E-state index contributed by atoms with van der Waals surface area (Å²) in [4.78, 5) is 20.0. The number of carbonyl (C=O) groups is 2. The summed E-state index contributed by atoms with van der Waals surface area (Å²) >= 11 is 0. The number of unbranched alkanes of at least 4 members (excludes halogenated alkanes) is 5. The molecule has 1 atom stereocenters. The van der Waals surface area contributed by atoms with Gasteiger partial charge in [0, 0.05) is 0 Å². The number of benzene rings is 1. The van der Waals surface area contributed by atoms with Crippen molar-refractivity contribution in [2.24, 2.45) is 0 Å². The molecule has 0 amide bonds. The van der Waals surface area contributed by atoms with E-state index in [1.807, 2.05) is 19.1 Å². The van der Waals surface area contributed by atoms with Crippen molar-refractivity contribution in [2.75, 3.05) is 0 Å². The Morgan fingerprint density at radius 3 is 2.10 bits per heavy atom. The first-order valence-corrected chi connectivity index (χ1v) is 11.1. The van der Waals surface area contributed by atoms with Crippen molar-refractivity contribution in [2.45, 2.75) is 70.5 Å². The second-order valence-electron chi connectivity index (χ2n) is 6.42. The molecule has 0 aliphatic rings. The minimum Gasteiger partial charge on any atom is -0.662 e. The number of aliphatic carboxylic acids is 2. The molecule has 30 heavy (non-hydrogen) atoms. The molecule has 1 rings (SSSR count). The summed E-state index contributed by atoms with van der Waals surface area (Å²) in [6, 6.07) is 8.34. The molecule has 0 bridgehead atoms. The van der Waals surface area contributed by atoms with Gasteiger partial charge >= 0.3 is 63.3 Å². The van der Waals surface area contributed by atoms with E-state index in [1.54, 1.807) is 6.61 Å². The Hall–Kier alpha value is -0.494. The molecular formula is C20H31KO8S. The molecule has 0 fully saturated rings. The maximum absolute atomic E-state index is 10.2. The molecule has 166 valence electrons. The molecule has 0 heterocycles. The molecule has 0 aromatic heterocycles. The molecule has 0 saturated carbocycles. The van der Waals surface area contributed by atoms with Crippen LogP contribution >= 0.6 is 0 Å². The largest absolute Gasteiger partial charge is 1.00 e. The Balaban J connectivity index is 0. The first-order chi connectivity index (χ1) is 13.6. The molecular weight excluding hydrogens is 439 g/mol. The van der Waals surface area contributed by atoms with Crippen molar-refractivity contribution in [3.8, 4) is 5.75 Å². The van der Waals surface area contributed by atoms with Crippen LogP contribution in [0.1, 0.15) is 64.4 Å². The van der Waals surface area contributed by atoms with Gasteiger partial charge in [-0.05, 0) is 24.5 Å². The van der Waals surface area contributed by atoms with Crippen LogP contribution in [-0.4, -0.2) is 40.4 Å². The van der Waals surface area contributed by atoms with Crippen molar-refractivity contribution < 1.29 is 88.9 Å². The van der Waals surface area contributed by atoms with Gasteiger partial charge in [-0.15, -0.1) is 0 Å². The van der Waals surface area contributed by atoms with Crippen LogP contribution < -0.4 is 56.1 Å². The fourth-order valence-electron chi connectivity index (χ4n) is 2.53. The number of hydrogen-bond acceptors (Lipinski definition) is 5. The van der Waals surface area contributed by atoms with Gasteiger partial charge in [0.05, 0.1) is 12.2 Å². The quantitative estimate of drug-likeness (QED) is 0.168. The van der Waals surface area contributed by atoms with Crippen LogP contribution in [0.3, 0.4) is 0 Å². The van der Waals surface area contributed by atoms with Gasteiger partial charge in [-0.25, -0.2) is 0 Å². The first kappa shape index (κ1) is 31.7. The third-order valence-corrected chi connectivity index (χ3v) is 5.10. The summed E-state index contributed by atoms with van der Waals surface area (Å²) in [5.41, 5.74) is 1.33. The summed E-state index contributed by atoms with van der Waals surface area (Å²) in [5.74, 6) is -2.48. The Bertz CT molecular complexity index is 721. The van der Waals surface area contributed by atoms with E-state index in [2.05, 4.69) is 19.1 Å². The van der Waals surface area contributed by atoms with Gasteiger partial charge in [-0.3, -0.25) is 14.1 Å². The Morgan fingerprint density at radius 2 is 1.63 bits per heavy atom. The van der Waals surface area contributed by atoms with E-state index in [-0.39, 0.29) is 51.4 Å². The Labute approximate surface area is 221 Å². The first-order valence-electron chi connectivity index (χ1n) is 9.56. The Kier molecular flexibility index (Phi) is 19.1. The van der Waals surface area contributed by atoms with Crippen LogP contribution in [0.4, 0.5) is 0 Å². The van der Waals surface area contributed by atoms with E-state index in [4.69, 9.17) is 19.5 Å². The minimum absolute atomic E-state index is 0. The standard InChI is InChI=1S/C16H25O.C4H6O7S.K/c1-3-5-6-7-8-9-12-15-13-10-11-14-16(15)17-4-2;5-3(6)1-2(4(7)8)12(9,10)11;/h4,10-11,13-14H,3,5-9,12H2,1-2H3;2H,1H2,(H,5,6)(H,7,8)(H,9,10,11);/q-1;;+1. The van der Waals surface area contributed by atoms with Crippen molar-refractivity contribution in [1.29, 1.82) is 0 Å². The monoisotopic (exact) mass is 470 g/mol. The number of hydrogen-bond donors (Lipinski definition) is 3. The minimum atomic E-state index is -4.84. The third kappa shape index (κ3) is 15.3. The molecule has 0 spiro atoms. The molecule has 0 aliphatic heterocycles. The fourth-order valence-corrected chi connectivity index (χ4v) is 3.13. The number of ether oxygens (including phenoxy) is 1. The molecule has 0 radical (unpaired) electrons. The number of para-hydroxylation sites is 1. The normalized spacial score (nSPS) is 11.4. The second kappa shape index (κ2) is 18.1. The van der Waals surface area contributed by atoms with E-state index < -0.39 is 33.7 Å². The second-order valence-corrected chi connectivity index (χ2v) is 8.02. The van der Waals surface area contributed by atoms with Crippen LogP contribution in [0.15, 0.2) is 24.3 Å². The van der Waals surface area contributed by atoms with Crippen molar-refractivity contribution >= 4 is 22.1 Å². The maximum Gasteiger partial charge on any atom is 1.00 e. The molecule has 0 saturated heterocycles. The molecule has 1 aromatic rings. The summed E-state index contributed by atoms with van der Waals surface area (Å²) in [6.07, 6.45) is 8.05. The summed E-state index contributed by atoms with van der Waals surface area (Å²) in [7, 11) is -4.84. The van der Waals surface area contributed by atoms with Crippen LogP contribution in [0.25, 0.3) is 0 Å². The molecule has 10 heteroatoms. The zero-order valence-electron chi connectivity index (χ0n) is 17.9. The van der Waals surface area contributed by atoms with E-state index in [1.165, 1.54) is 44.1 Å². The van der Waals surface area contributed by atoms with Gasteiger partial charge in [-0.2, -0.15) is 21.9 Å². The van der Waals surface area contributed by atoms with Gasteiger partial charge in [0.15, 0.2) is 5.25 Å². The smallest absolute Gasteiger partial charge is 0.662 e. The van der Waals surface area contributed by atoms with Crippen LogP contribution in [0.2, 0.25) is 0 Å². The van der Waals surface area contributed by atoms with Crippen LogP contribution in [0.5, 0.6) is 5.75 Å². The van der Waals surface area contributed by atoms with Crippen LogP contribution in [0, 0.1) is 6.61 Å². The molecule has 1 unspecified atom stereocenters. The zero-order chi connectivity index (χ0) is 22.3. The van der Waals surface area contributed by atoms with Crippen molar-refractivity contribution in [3.05, 3.63) is 36.4 Å². The van der Waals surface area contributed by atoms with Gasteiger partial charge in [0.1, 0.15) is 0 Å². The van der Waals surface area contributed by atoms with Gasteiger partial charge in [0.2, 0.25) is 0 Å². The number of carboxylic acid groups (broad SMARTS) is 2. The maximum atomic E-state index is 10.2. The SMILES string of the molecule is C[CH-]Oc1ccccc1CCCCCCCC.O=C(O)CC(C(=O)O)S(=O)(=O)O.[K+]. The summed E-state index contributed by atoms with van der Waals surface area (Å²) < 4.78 is 34.2. The molecule has 0 aliphatic carbocycles. The number of rotatable bonds is 13. The fraction of sp³-hybridized carbons (Fsp3) is 0.550. The molecule has 1 aromatic carbocycles. The van der Waals surface area contributed by atoms with Gasteiger partial charge in [-0.1, -0.05) is 57.2 Å². The van der Waals surface area contributed by atoms with E-state index >= 15 is 0 Å². The third-order valence-electron chi connectivity index (χ3n) is 4.01. The predicted octanol–water partition coefficient (Wildman–Crippen LogP) is 0.956. The average Bonchev–Trinajstić information content (AvgIpc) is 2.63. The van der Waals surface area contributed by atoms with E-state index in [0.29, 0.717) is 0 Å². The van der Waals surface area contributed by atoms with E-state index in [0.717, 1.165) is 12.2 Å². The average molecular weight is 471 g/mol. The predicted molar refractivity (Wildman–Crippen MR) is 109 cm³/mol. The summed E-state index contributed by atoms with van der Waals surface area (Å²) in [5, 5.41) is 13.9. The number of carboxylic acids is 2. The topological polar surface area (TPSA) is 138 Å². The van der Waals surface area contributed by atoms with Crippen molar-refractivity contribution in [1.82, 2.24) is 0 Å². The van der Waals surface area contributed by atoms with Gasteiger partial charge in [0.25, 0.3) is 10.1 Å². The summed E-state index contributed by atoms with van der Waals surface area (Å²) in [6.45, 7) is 5.93. The van der Waals surface area contributed by atoms with Gasteiger partial charge < -0.3 is 14.9 Å².